The van der Waals surface area contributed by atoms with Crippen LogP contribution in [0.5, 0.6) is 5.75 Å². The van der Waals surface area contributed by atoms with Gasteiger partial charge in [-0.05, 0) is 44.0 Å². The molecular weight excluding hydrogens is 354 g/mol. The molecule has 1 saturated heterocycles. The Kier molecular flexibility index (Phi) is 4.82. The summed E-state index contributed by atoms with van der Waals surface area (Å²) in [6.45, 7) is 1.93. The second-order valence-corrected chi connectivity index (χ2v) is 7.29. The number of ketones is 1. The lowest BCUT2D eigenvalue weighted by atomic mass is 9.82. The summed E-state index contributed by atoms with van der Waals surface area (Å²) < 4.78 is 5.56. The molecule has 1 heterocycles. The number of rotatable bonds is 5. The molecule has 0 bridgehead atoms. The summed E-state index contributed by atoms with van der Waals surface area (Å²) in [5.41, 5.74) is 2.30. The minimum atomic E-state index is -0.254. The molecule has 5 nitrogen and oxygen atoms in total. The van der Waals surface area contributed by atoms with E-state index in [4.69, 9.17) is 4.74 Å². The van der Waals surface area contributed by atoms with E-state index in [-0.39, 0.29) is 36.0 Å². The highest BCUT2D eigenvalue weighted by Crippen LogP contribution is 2.39. The largest absolute Gasteiger partial charge is 0.485 e. The van der Waals surface area contributed by atoms with Crippen LogP contribution < -0.4 is 9.64 Å². The minimum absolute atomic E-state index is 0.0694. The Hall–Kier alpha value is -3.21. The molecule has 28 heavy (non-hydrogen) atoms. The average molecular weight is 375 g/mol. The molecule has 1 aliphatic heterocycles. The summed E-state index contributed by atoms with van der Waals surface area (Å²) in [7, 11) is 0. The lowest BCUT2D eigenvalue weighted by molar-refractivity contribution is -0.122. The number of nitrogens with zero attached hydrogens (tertiary/aromatic N) is 1. The molecule has 0 radical (unpaired) electrons. The van der Waals surface area contributed by atoms with Gasteiger partial charge in [-0.1, -0.05) is 42.0 Å². The molecular formula is C23H21NO4. The summed E-state index contributed by atoms with van der Waals surface area (Å²) in [4.78, 5) is 38.9. The molecule has 0 unspecified atom stereocenters. The van der Waals surface area contributed by atoms with E-state index in [2.05, 4.69) is 6.08 Å². The van der Waals surface area contributed by atoms with Crippen molar-refractivity contribution in [1.82, 2.24) is 0 Å². The number of hydrogen-bond donors (Lipinski definition) is 0. The van der Waals surface area contributed by atoms with Gasteiger partial charge in [0.15, 0.2) is 12.4 Å². The van der Waals surface area contributed by atoms with Crippen LogP contribution in [0.15, 0.2) is 66.2 Å². The molecule has 0 N–H and O–H groups in total. The van der Waals surface area contributed by atoms with Crippen LogP contribution in [-0.2, 0) is 9.59 Å². The highest BCUT2D eigenvalue weighted by molar-refractivity contribution is 6.22. The normalized spacial score (nSPS) is 21.3. The molecule has 0 saturated carbocycles. The average Bonchev–Trinajstić information content (AvgIpc) is 2.97. The van der Waals surface area contributed by atoms with Crippen molar-refractivity contribution in [3.63, 3.8) is 0 Å². The lowest BCUT2D eigenvalue weighted by Gasteiger charge is -2.18. The van der Waals surface area contributed by atoms with Gasteiger partial charge in [-0.15, -0.1) is 0 Å². The van der Waals surface area contributed by atoms with Crippen LogP contribution in [0.1, 0.15) is 30.1 Å². The fourth-order valence-electron chi connectivity index (χ4n) is 3.84. The van der Waals surface area contributed by atoms with E-state index in [1.807, 2.05) is 13.0 Å². The first-order valence-electron chi connectivity index (χ1n) is 9.39. The number of allylic oxidation sites excluding steroid dienone is 2. The number of fused-ring (bicyclic) bond motifs is 1. The van der Waals surface area contributed by atoms with E-state index in [1.54, 1.807) is 48.5 Å². The van der Waals surface area contributed by atoms with Crippen molar-refractivity contribution in [2.75, 3.05) is 11.5 Å². The monoisotopic (exact) mass is 375 g/mol. The zero-order valence-corrected chi connectivity index (χ0v) is 15.6. The molecule has 5 heteroatoms. The number of ether oxygens (including phenoxy) is 1. The van der Waals surface area contributed by atoms with Gasteiger partial charge in [0.1, 0.15) is 5.75 Å². The van der Waals surface area contributed by atoms with Gasteiger partial charge in [0, 0.05) is 5.56 Å². The molecule has 0 spiro atoms. The van der Waals surface area contributed by atoms with Crippen LogP contribution in [0.4, 0.5) is 5.69 Å². The predicted octanol–water partition coefficient (Wildman–Crippen LogP) is 3.79. The molecule has 2 amide bonds. The number of benzene rings is 2. The van der Waals surface area contributed by atoms with E-state index >= 15 is 0 Å². The number of hydrogen-bond acceptors (Lipinski definition) is 4. The van der Waals surface area contributed by atoms with E-state index in [0.29, 0.717) is 29.8 Å². The third-order valence-corrected chi connectivity index (χ3v) is 5.38. The Morgan fingerprint density at radius 2 is 1.68 bits per heavy atom. The van der Waals surface area contributed by atoms with Crippen LogP contribution in [-0.4, -0.2) is 24.2 Å². The van der Waals surface area contributed by atoms with Crippen molar-refractivity contribution in [3.05, 3.63) is 71.8 Å². The molecule has 2 aromatic carbocycles. The molecule has 1 fully saturated rings. The Morgan fingerprint density at radius 1 is 1.00 bits per heavy atom. The Morgan fingerprint density at radius 3 is 2.39 bits per heavy atom. The SMILES string of the molecule is CC1=CC[C@@H]2C(=O)N(c3ccc(OCC(=O)c4ccccc4)cc3)C(=O)[C@@H]2C1. The highest BCUT2D eigenvalue weighted by atomic mass is 16.5. The molecule has 2 aliphatic rings. The maximum absolute atomic E-state index is 12.8. The second kappa shape index (κ2) is 7.43. The van der Waals surface area contributed by atoms with Crippen LogP contribution in [0.25, 0.3) is 0 Å². The van der Waals surface area contributed by atoms with Crippen LogP contribution in [0, 0.1) is 11.8 Å². The summed E-state index contributed by atoms with van der Waals surface area (Å²) in [5, 5.41) is 0. The smallest absolute Gasteiger partial charge is 0.238 e. The number of imide groups is 1. The summed E-state index contributed by atoms with van der Waals surface area (Å²) in [6.07, 6.45) is 3.32. The molecule has 142 valence electrons. The van der Waals surface area contributed by atoms with E-state index in [0.717, 1.165) is 5.57 Å². The molecule has 2 atom stereocenters. The van der Waals surface area contributed by atoms with Gasteiger partial charge in [-0.2, -0.15) is 0 Å². The van der Waals surface area contributed by atoms with Crippen LogP contribution in [0.3, 0.4) is 0 Å². The van der Waals surface area contributed by atoms with Crippen molar-refractivity contribution in [2.45, 2.75) is 19.8 Å². The number of anilines is 1. The quantitative estimate of drug-likeness (QED) is 0.453. The van der Waals surface area contributed by atoms with Crippen molar-refractivity contribution in [1.29, 1.82) is 0 Å². The summed E-state index contributed by atoms with van der Waals surface area (Å²) in [6, 6.07) is 15.7. The maximum atomic E-state index is 12.8. The number of amides is 2. The molecule has 4 rings (SSSR count). The van der Waals surface area contributed by atoms with E-state index < -0.39 is 0 Å². The van der Waals surface area contributed by atoms with Gasteiger partial charge in [0.2, 0.25) is 11.8 Å². The van der Waals surface area contributed by atoms with Crippen molar-refractivity contribution >= 4 is 23.3 Å². The van der Waals surface area contributed by atoms with Gasteiger partial charge in [0.25, 0.3) is 0 Å². The van der Waals surface area contributed by atoms with Crippen LogP contribution in [0.2, 0.25) is 0 Å². The standard InChI is InChI=1S/C23H21NO4/c1-15-7-12-19-20(13-15)23(27)24(22(19)26)17-8-10-18(11-9-17)28-14-21(25)16-5-3-2-4-6-16/h2-11,19-20H,12-14H2,1H3/t19-,20+/m0/s1. The number of Topliss-reactive ketones (excluding diaryl/α,β-unsaturated/α-hetero) is 1. The first-order chi connectivity index (χ1) is 13.5. The van der Waals surface area contributed by atoms with Gasteiger partial charge < -0.3 is 4.74 Å². The zero-order chi connectivity index (χ0) is 19.7. The minimum Gasteiger partial charge on any atom is -0.485 e. The van der Waals surface area contributed by atoms with Crippen molar-refractivity contribution < 1.29 is 19.1 Å². The lowest BCUT2D eigenvalue weighted by Crippen LogP contribution is -2.30. The second-order valence-electron chi connectivity index (χ2n) is 7.29. The van der Waals surface area contributed by atoms with Gasteiger partial charge >= 0.3 is 0 Å². The van der Waals surface area contributed by atoms with Gasteiger partial charge in [0.05, 0.1) is 17.5 Å². The number of carbonyl (C=O) groups is 3. The van der Waals surface area contributed by atoms with Gasteiger partial charge in [-0.25, -0.2) is 0 Å². The third kappa shape index (κ3) is 3.36. The Labute approximate surface area is 163 Å². The maximum Gasteiger partial charge on any atom is 0.238 e. The van der Waals surface area contributed by atoms with E-state index in [9.17, 15) is 14.4 Å². The summed E-state index contributed by atoms with van der Waals surface area (Å²) in [5.74, 6) is -0.363. The molecule has 2 aromatic rings. The Bertz CT molecular complexity index is 946. The zero-order valence-electron chi connectivity index (χ0n) is 15.6. The first kappa shape index (κ1) is 18.2. The summed E-state index contributed by atoms with van der Waals surface area (Å²) >= 11 is 0. The van der Waals surface area contributed by atoms with Crippen molar-refractivity contribution in [2.24, 2.45) is 11.8 Å². The van der Waals surface area contributed by atoms with Crippen LogP contribution >= 0.6 is 0 Å². The molecule has 0 aromatic heterocycles. The topological polar surface area (TPSA) is 63.7 Å². The number of carbonyl (C=O) groups excluding carboxylic acids is 3. The first-order valence-corrected chi connectivity index (χ1v) is 9.39. The highest BCUT2D eigenvalue weighted by Gasteiger charge is 2.48. The molecule has 1 aliphatic carbocycles. The predicted molar refractivity (Wildman–Crippen MR) is 105 cm³/mol. The fourth-order valence-corrected chi connectivity index (χ4v) is 3.84. The van der Waals surface area contributed by atoms with Crippen molar-refractivity contribution in [3.8, 4) is 5.75 Å². The fraction of sp³-hybridized carbons (Fsp3) is 0.261. The Balaban J connectivity index is 1.43. The van der Waals surface area contributed by atoms with Gasteiger partial charge in [-0.3, -0.25) is 19.3 Å². The third-order valence-electron chi connectivity index (χ3n) is 5.38. The van der Waals surface area contributed by atoms with E-state index in [1.165, 1.54) is 4.90 Å².